The van der Waals surface area contributed by atoms with Crippen molar-refractivity contribution in [3.63, 3.8) is 0 Å². The Kier molecular flexibility index (Phi) is 3.95. The Balaban J connectivity index is 1.72. The first kappa shape index (κ1) is 13.5. The first-order valence-electron chi connectivity index (χ1n) is 6.95. The van der Waals surface area contributed by atoms with Gasteiger partial charge in [-0.3, -0.25) is 0 Å². The largest absolute Gasteiger partial charge is 0.489 e. The van der Waals surface area contributed by atoms with E-state index in [1.165, 1.54) is 5.56 Å². The van der Waals surface area contributed by atoms with Gasteiger partial charge in [-0.2, -0.15) is 0 Å². The van der Waals surface area contributed by atoms with Crippen molar-refractivity contribution in [3.8, 4) is 16.9 Å². The lowest BCUT2D eigenvalue weighted by atomic mass is 9.89. The van der Waals surface area contributed by atoms with Gasteiger partial charge in [0.25, 0.3) is 0 Å². The van der Waals surface area contributed by atoms with Gasteiger partial charge < -0.3 is 10.1 Å². The van der Waals surface area contributed by atoms with Crippen LogP contribution in [0.25, 0.3) is 11.1 Å². The molecule has 0 amide bonds. The monoisotopic (exact) mass is 287 g/mol. The van der Waals surface area contributed by atoms with Gasteiger partial charge in [0, 0.05) is 6.04 Å². The Morgan fingerprint density at radius 2 is 1.80 bits per heavy atom. The lowest BCUT2D eigenvalue weighted by Gasteiger charge is -2.35. The second-order valence-corrected chi connectivity index (χ2v) is 5.62. The zero-order valence-corrected chi connectivity index (χ0v) is 12.2. The fourth-order valence-electron chi connectivity index (χ4n) is 2.48. The summed E-state index contributed by atoms with van der Waals surface area (Å²) in [5, 5.41) is 3.93. The highest BCUT2D eigenvalue weighted by Gasteiger charge is 2.29. The van der Waals surface area contributed by atoms with Gasteiger partial charge in [0.2, 0.25) is 0 Å². The number of ether oxygens (including phenoxy) is 1. The summed E-state index contributed by atoms with van der Waals surface area (Å²) in [6.07, 6.45) is 2.38. The molecule has 0 radical (unpaired) electrons. The molecule has 20 heavy (non-hydrogen) atoms. The minimum Gasteiger partial charge on any atom is -0.489 e. The van der Waals surface area contributed by atoms with E-state index in [1.54, 1.807) is 0 Å². The van der Waals surface area contributed by atoms with E-state index in [-0.39, 0.29) is 6.10 Å². The Hall–Kier alpha value is -1.51. The fourth-order valence-corrected chi connectivity index (χ4v) is 2.71. The third kappa shape index (κ3) is 2.82. The van der Waals surface area contributed by atoms with Gasteiger partial charge in [-0.25, -0.2) is 0 Å². The average molecular weight is 288 g/mol. The minimum atomic E-state index is 0.285. The fraction of sp³-hybridized carbons (Fsp3) is 0.294. The topological polar surface area (TPSA) is 21.3 Å². The molecule has 0 atom stereocenters. The number of halogens is 1. The summed E-state index contributed by atoms with van der Waals surface area (Å²) in [5.74, 6) is 0.783. The zero-order chi connectivity index (χ0) is 13.9. The highest BCUT2D eigenvalue weighted by atomic mass is 35.5. The summed E-state index contributed by atoms with van der Waals surface area (Å²) < 4.78 is 5.93. The summed E-state index contributed by atoms with van der Waals surface area (Å²) in [7, 11) is 1.99. The van der Waals surface area contributed by atoms with E-state index < -0.39 is 0 Å². The second-order valence-electron chi connectivity index (χ2n) is 5.21. The summed E-state index contributed by atoms with van der Waals surface area (Å²) in [5.41, 5.74) is 2.28. The highest BCUT2D eigenvalue weighted by Crippen LogP contribution is 2.33. The van der Waals surface area contributed by atoms with Crippen LogP contribution in [0.3, 0.4) is 0 Å². The average Bonchev–Trinajstić information content (AvgIpc) is 2.44. The number of nitrogens with one attached hydrogen (secondary N) is 1. The van der Waals surface area contributed by atoms with Gasteiger partial charge in [0.15, 0.2) is 0 Å². The zero-order valence-electron chi connectivity index (χ0n) is 11.5. The number of hydrogen-bond donors (Lipinski definition) is 1. The van der Waals surface area contributed by atoms with Crippen molar-refractivity contribution < 1.29 is 4.74 Å². The molecular weight excluding hydrogens is 270 g/mol. The molecule has 1 aliphatic carbocycles. The molecule has 2 aromatic rings. The minimum absolute atomic E-state index is 0.285. The lowest BCUT2D eigenvalue weighted by Crippen LogP contribution is -2.45. The van der Waals surface area contributed by atoms with Gasteiger partial charge in [0.05, 0.1) is 5.02 Å². The third-order valence-electron chi connectivity index (χ3n) is 3.84. The molecule has 0 aromatic heterocycles. The Bertz CT molecular complexity index is 579. The van der Waals surface area contributed by atoms with Gasteiger partial charge in [0.1, 0.15) is 11.9 Å². The van der Waals surface area contributed by atoms with Gasteiger partial charge >= 0.3 is 0 Å². The molecule has 104 valence electrons. The SMILES string of the molecule is CNC1CC(Oc2ccc(-c3ccccc3)cc2Cl)C1. The van der Waals surface area contributed by atoms with E-state index in [4.69, 9.17) is 16.3 Å². The van der Waals surface area contributed by atoms with E-state index >= 15 is 0 Å². The van der Waals surface area contributed by atoms with Crippen LogP contribution in [0.15, 0.2) is 48.5 Å². The molecule has 0 aliphatic heterocycles. The first-order chi connectivity index (χ1) is 9.76. The number of hydrogen-bond acceptors (Lipinski definition) is 2. The second kappa shape index (κ2) is 5.86. The van der Waals surface area contributed by atoms with Crippen molar-refractivity contribution in [2.45, 2.75) is 25.0 Å². The maximum atomic E-state index is 6.33. The third-order valence-corrected chi connectivity index (χ3v) is 4.13. The Morgan fingerprint density at radius 1 is 1.05 bits per heavy atom. The maximum absolute atomic E-state index is 6.33. The Labute approximate surface area is 124 Å². The summed E-state index contributed by atoms with van der Waals surface area (Å²) in [6.45, 7) is 0. The quantitative estimate of drug-likeness (QED) is 0.913. The molecule has 1 N–H and O–H groups in total. The van der Waals surface area contributed by atoms with Gasteiger partial charge in [-0.1, -0.05) is 48.0 Å². The van der Waals surface area contributed by atoms with Crippen LogP contribution >= 0.6 is 11.6 Å². The van der Waals surface area contributed by atoms with E-state index in [9.17, 15) is 0 Å². The van der Waals surface area contributed by atoms with Crippen molar-refractivity contribution in [2.24, 2.45) is 0 Å². The van der Waals surface area contributed by atoms with Crippen LogP contribution in [0.1, 0.15) is 12.8 Å². The molecule has 3 heteroatoms. The molecule has 3 rings (SSSR count). The smallest absolute Gasteiger partial charge is 0.138 e. The molecular formula is C17H18ClNO. The number of benzene rings is 2. The van der Waals surface area contributed by atoms with E-state index in [1.807, 2.05) is 37.4 Å². The van der Waals surface area contributed by atoms with Gasteiger partial charge in [-0.05, 0) is 43.1 Å². The van der Waals surface area contributed by atoms with Crippen molar-refractivity contribution in [1.29, 1.82) is 0 Å². The van der Waals surface area contributed by atoms with E-state index in [0.29, 0.717) is 11.1 Å². The van der Waals surface area contributed by atoms with Crippen LogP contribution in [-0.4, -0.2) is 19.2 Å². The predicted octanol–water partition coefficient (Wildman–Crippen LogP) is 4.14. The molecule has 0 saturated heterocycles. The lowest BCUT2D eigenvalue weighted by molar-refractivity contribution is 0.0886. The van der Waals surface area contributed by atoms with E-state index in [0.717, 1.165) is 24.2 Å². The molecule has 0 unspecified atom stereocenters. The molecule has 1 fully saturated rings. The van der Waals surface area contributed by atoms with Crippen molar-refractivity contribution >= 4 is 11.6 Å². The molecule has 0 bridgehead atoms. The molecule has 1 aliphatic rings. The normalized spacial score (nSPS) is 21.3. The summed E-state index contributed by atoms with van der Waals surface area (Å²) in [4.78, 5) is 0. The van der Waals surface area contributed by atoms with Crippen LogP contribution < -0.4 is 10.1 Å². The van der Waals surface area contributed by atoms with Crippen LogP contribution in [0.5, 0.6) is 5.75 Å². The standard InChI is InChI=1S/C17H18ClNO/c1-19-14-10-15(11-14)20-17-8-7-13(9-16(17)18)12-5-3-2-4-6-12/h2-9,14-15,19H,10-11H2,1H3. The molecule has 0 spiro atoms. The van der Waals surface area contributed by atoms with Crippen LogP contribution in [-0.2, 0) is 0 Å². The van der Waals surface area contributed by atoms with Crippen molar-refractivity contribution in [3.05, 3.63) is 53.6 Å². The van der Waals surface area contributed by atoms with Crippen molar-refractivity contribution in [2.75, 3.05) is 7.05 Å². The van der Waals surface area contributed by atoms with Gasteiger partial charge in [-0.15, -0.1) is 0 Å². The molecule has 1 saturated carbocycles. The highest BCUT2D eigenvalue weighted by molar-refractivity contribution is 6.32. The molecule has 2 nitrogen and oxygen atoms in total. The first-order valence-corrected chi connectivity index (χ1v) is 7.33. The predicted molar refractivity (Wildman–Crippen MR) is 83.4 cm³/mol. The Morgan fingerprint density at radius 3 is 2.45 bits per heavy atom. The van der Waals surface area contributed by atoms with Crippen LogP contribution in [0, 0.1) is 0 Å². The number of rotatable bonds is 4. The molecule has 2 aromatic carbocycles. The van der Waals surface area contributed by atoms with Crippen LogP contribution in [0.2, 0.25) is 5.02 Å². The van der Waals surface area contributed by atoms with Crippen molar-refractivity contribution in [1.82, 2.24) is 5.32 Å². The summed E-state index contributed by atoms with van der Waals surface area (Å²) >= 11 is 6.33. The van der Waals surface area contributed by atoms with E-state index in [2.05, 4.69) is 23.5 Å². The van der Waals surface area contributed by atoms with Crippen LogP contribution in [0.4, 0.5) is 0 Å². The maximum Gasteiger partial charge on any atom is 0.138 e. The molecule has 0 heterocycles. The summed E-state index contributed by atoms with van der Waals surface area (Å²) in [6, 6.07) is 16.8.